The van der Waals surface area contributed by atoms with Crippen LogP contribution >= 0.6 is 22.9 Å². The minimum atomic E-state index is -0.575. The van der Waals surface area contributed by atoms with E-state index in [-0.39, 0.29) is 24.5 Å². The summed E-state index contributed by atoms with van der Waals surface area (Å²) in [6, 6.07) is 6.74. The van der Waals surface area contributed by atoms with Crippen LogP contribution in [0.4, 0.5) is 10.7 Å². The highest BCUT2D eigenvalue weighted by molar-refractivity contribution is 7.18. The molecular formula is C18H19ClN2O4S. The second kappa shape index (κ2) is 8.82. The highest BCUT2D eigenvalue weighted by atomic mass is 35.5. The van der Waals surface area contributed by atoms with Crippen molar-refractivity contribution in [2.75, 3.05) is 17.2 Å². The summed E-state index contributed by atoms with van der Waals surface area (Å²) in [5.41, 5.74) is 1.20. The Morgan fingerprint density at radius 2 is 1.92 bits per heavy atom. The number of rotatable bonds is 6. The molecule has 0 bridgehead atoms. The van der Waals surface area contributed by atoms with E-state index in [2.05, 4.69) is 10.6 Å². The molecule has 0 saturated heterocycles. The van der Waals surface area contributed by atoms with Gasteiger partial charge in [-0.3, -0.25) is 9.59 Å². The summed E-state index contributed by atoms with van der Waals surface area (Å²) in [4.78, 5) is 37.0. The second-order valence-corrected chi connectivity index (χ2v) is 6.80. The first-order chi connectivity index (χ1) is 12.4. The van der Waals surface area contributed by atoms with Crippen LogP contribution in [0.25, 0.3) is 0 Å². The molecule has 138 valence electrons. The van der Waals surface area contributed by atoms with Crippen LogP contribution in [-0.4, -0.2) is 24.4 Å². The van der Waals surface area contributed by atoms with Crippen molar-refractivity contribution in [3.8, 4) is 0 Å². The molecule has 0 atom stereocenters. The summed E-state index contributed by atoms with van der Waals surface area (Å²) in [7, 11) is 0. The topological polar surface area (TPSA) is 84.5 Å². The fraction of sp³-hybridized carbons (Fsp3) is 0.278. The molecule has 0 aliphatic rings. The third-order valence-electron chi connectivity index (χ3n) is 3.49. The molecule has 2 amide bonds. The Balaban J connectivity index is 2.38. The van der Waals surface area contributed by atoms with Gasteiger partial charge in [-0.05, 0) is 37.6 Å². The number of carbonyl (C=O) groups excluding carboxylic acids is 3. The van der Waals surface area contributed by atoms with E-state index in [9.17, 15) is 14.4 Å². The molecule has 0 saturated carbocycles. The summed E-state index contributed by atoms with van der Waals surface area (Å²) >= 11 is 6.96. The fourth-order valence-corrected chi connectivity index (χ4v) is 3.53. The third-order valence-corrected chi connectivity index (χ3v) is 4.93. The van der Waals surface area contributed by atoms with Crippen molar-refractivity contribution in [1.82, 2.24) is 0 Å². The summed E-state index contributed by atoms with van der Waals surface area (Å²) in [6.45, 7) is 5.24. The average Bonchev–Trinajstić information content (AvgIpc) is 2.91. The van der Waals surface area contributed by atoms with E-state index in [1.807, 2.05) is 0 Å². The average molecular weight is 395 g/mol. The number of anilines is 2. The molecule has 1 aromatic heterocycles. The van der Waals surface area contributed by atoms with E-state index in [4.69, 9.17) is 16.3 Å². The Morgan fingerprint density at radius 3 is 2.54 bits per heavy atom. The summed E-state index contributed by atoms with van der Waals surface area (Å²) in [5.74, 6) is -1.22. The first-order valence-electron chi connectivity index (χ1n) is 8.04. The summed E-state index contributed by atoms with van der Waals surface area (Å²) in [6.07, 6.45) is 0.253. The monoisotopic (exact) mass is 394 g/mol. The van der Waals surface area contributed by atoms with Gasteiger partial charge in [-0.25, -0.2) is 4.79 Å². The van der Waals surface area contributed by atoms with Crippen molar-refractivity contribution >= 4 is 51.4 Å². The molecule has 0 aliphatic carbocycles. The molecular weight excluding hydrogens is 376 g/mol. The molecule has 1 aromatic carbocycles. The highest BCUT2D eigenvalue weighted by Crippen LogP contribution is 2.34. The molecule has 0 aliphatic heterocycles. The Kier molecular flexibility index (Phi) is 6.76. The van der Waals surface area contributed by atoms with Crippen LogP contribution < -0.4 is 10.6 Å². The smallest absolute Gasteiger partial charge is 0.341 e. The predicted octanol–water partition coefficient (Wildman–Crippen LogP) is 4.49. The second-order valence-electron chi connectivity index (χ2n) is 5.35. The highest BCUT2D eigenvalue weighted by Gasteiger charge is 2.26. The van der Waals surface area contributed by atoms with Crippen LogP contribution in [0, 0.1) is 6.92 Å². The van der Waals surface area contributed by atoms with Gasteiger partial charge in [-0.15, -0.1) is 11.3 Å². The van der Waals surface area contributed by atoms with Gasteiger partial charge < -0.3 is 15.4 Å². The van der Waals surface area contributed by atoms with E-state index in [1.54, 1.807) is 45.0 Å². The first-order valence-corrected chi connectivity index (χ1v) is 9.24. The van der Waals surface area contributed by atoms with Crippen LogP contribution in [0.5, 0.6) is 0 Å². The minimum Gasteiger partial charge on any atom is -0.462 e. The number of halogens is 1. The van der Waals surface area contributed by atoms with Crippen molar-refractivity contribution in [3.05, 3.63) is 45.3 Å². The van der Waals surface area contributed by atoms with Gasteiger partial charge in [0.2, 0.25) is 5.91 Å². The Bertz CT molecular complexity index is 848. The summed E-state index contributed by atoms with van der Waals surface area (Å²) in [5, 5.41) is 6.21. The van der Waals surface area contributed by atoms with Crippen LogP contribution in [-0.2, 0) is 9.53 Å². The quantitative estimate of drug-likeness (QED) is 0.707. The molecule has 6 nitrogen and oxygen atoms in total. The normalized spacial score (nSPS) is 10.3. The van der Waals surface area contributed by atoms with Crippen molar-refractivity contribution in [2.24, 2.45) is 0 Å². The number of nitrogens with one attached hydrogen (secondary N) is 2. The number of amides is 2. The number of hydrogen-bond donors (Lipinski definition) is 2. The molecule has 0 radical (unpaired) electrons. The van der Waals surface area contributed by atoms with Crippen LogP contribution in [0.3, 0.4) is 0 Å². The molecule has 1 heterocycles. The van der Waals surface area contributed by atoms with Gasteiger partial charge in [0.15, 0.2) is 0 Å². The molecule has 2 aromatic rings. The summed E-state index contributed by atoms with van der Waals surface area (Å²) < 4.78 is 5.06. The number of hydrogen-bond acceptors (Lipinski definition) is 5. The molecule has 26 heavy (non-hydrogen) atoms. The van der Waals surface area contributed by atoms with E-state index in [1.165, 1.54) is 0 Å². The maximum absolute atomic E-state index is 12.6. The molecule has 0 unspecified atom stereocenters. The fourth-order valence-electron chi connectivity index (χ4n) is 2.24. The van der Waals surface area contributed by atoms with Crippen LogP contribution in [0.1, 0.15) is 45.9 Å². The zero-order valence-corrected chi connectivity index (χ0v) is 16.2. The van der Waals surface area contributed by atoms with Gasteiger partial charge in [0, 0.05) is 17.1 Å². The Hall–Kier alpha value is -2.38. The molecule has 0 fully saturated rings. The van der Waals surface area contributed by atoms with Crippen molar-refractivity contribution in [1.29, 1.82) is 0 Å². The van der Waals surface area contributed by atoms with Gasteiger partial charge in [-0.2, -0.15) is 0 Å². The lowest BCUT2D eigenvalue weighted by atomic mass is 10.1. The van der Waals surface area contributed by atoms with Gasteiger partial charge in [0.25, 0.3) is 5.91 Å². The number of benzene rings is 1. The SMILES string of the molecule is CCOC(=O)c1c(NC(=O)CC)sc(C(=O)Nc2cccc(Cl)c2)c1C. The molecule has 0 spiro atoms. The van der Waals surface area contributed by atoms with Gasteiger partial charge in [0.1, 0.15) is 5.00 Å². The zero-order valence-electron chi connectivity index (χ0n) is 14.6. The Morgan fingerprint density at radius 1 is 1.19 bits per heavy atom. The van der Waals surface area contributed by atoms with Gasteiger partial charge in [-0.1, -0.05) is 24.6 Å². The van der Waals surface area contributed by atoms with E-state index in [0.29, 0.717) is 26.2 Å². The molecule has 2 N–H and O–H groups in total. The van der Waals surface area contributed by atoms with E-state index < -0.39 is 11.9 Å². The molecule has 8 heteroatoms. The van der Waals surface area contributed by atoms with Crippen molar-refractivity contribution in [2.45, 2.75) is 27.2 Å². The number of carbonyl (C=O) groups is 3. The lowest BCUT2D eigenvalue weighted by Gasteiger charge is -2.06. The maximum Gasteiger partial charge on any atom is 0.341 e. The van der Waals surface area contributed by atoms with Crippen LogP contribution in [0.15, 0.2) is 24.3 Å². The maximum atomic E-state index is 12.6. The van der Waals surface area contributed by atoms with Gasteiger partial charge in [0.05, 0.1) is 17.0 Å². The van der Waals surface area contributed by atoms with E-state index in [0.717, 1.165) is 11.3 Å². The Labute approximate surface area is 160 Å². The van der Waals surface area contributed by atoms with E-state index >= 15 is 0 Å². The minimum absolute atomic E-state index is 0.194. The standard InChI is InChI=1S/C18H19ClN2O4S/c1-4-13(22)21-17-14(18(24)25-5-2)10(3)15(26-17)16(23)20-12-8-6-7-11(19)9-12/h6-9H,4-5H2,1-3H3,(H,20,23)(H,21,22). The number of thiophene rings is 1. The molecule has 2 rings (SSSR count). The van der Waals surface area contributed by atoms with Crippen molar-refractivity contribution in [3.63, 3.8) is 0 Å². The number of ether oxygens (including phenoxy) is 1. The zero-order chi connectivity index (χ0) is 19.3. The lowest BCUT2D eigenvalue weighted by Crippen LogP contribution is -2.14. The lowest BCUT2D eigenvalue weighted by molar-refractivity contribution is -0.115. The third kappa shape index (κ3) is 4.62. The number of esters is 1. The van der Waals surface area contributed by atoms with Crippen LogP contribution in [0.2, 0.25) is 5.02 Å². The predicted molar refractivity (Wildman–Crippen MR) is 103 cm³/mol. The largest absolute Gasteiger partial charge is 0.462 e. The van der Waals surface area contributed by atoms with Gasteiger partial charge >= 0.3 is 5.97 Å². The van der Waals surface area contributed by atoms with Crippen molar-refractivity contribution < 1.29 is 19.1 Å². The first kappa shape index (κ1) is 19.9.